The molecule has 0 radical (unpaired) electrons. The van der Waals surface area contributed by atoms with Crippen molar-refractivity contribution in [3.05, 3.63) is 46.3 Å². The minimum absolute atomic E-state index is 0.108. The second-order valence-electron chi connectivity index (χ2n) is 6.20. The number of carbonyl (C=O) groups is 2. The first-order valence-electron chi connectivity index (χ1n) is 8.29. The first-order valence-corrected chi connectivity index (χ1v) is 9.10. The molecule has 0 unspecified atom stereocenters. The van der Waals surface area contributed by atoms with Crippen LogP contribution in [-0.4, -0.2) is 25.6 Å². The van der Waals surface area contributed by atoms with Crippen LogP contribution in [0.2, 0.25) is 0 Å². The van der Waals surface area contributed by atoms with Gasteiger partial charge in [-0.05, 0) is 42.9 Å². The van der Waals surface area contributed by atoms with E-state index in [0.717, 1.165) is 24.8 Å². The van der Waals surface area contributed by atoms with Gasteiger partial charge in [0.05, 0.1) is 12.7 Å². The van der Waals surface area contributed by atoms with Gasteiger partial charge in [0.1, 0.15) is 10.8 Å². The number of thiophene rings is 1. The molecule has 6 heteroatoms. The molecule has 0 aliphatic heterocycles. The minimum Gasteiger partial charge on any atom is -0.484 e. The van der Waals surface area contributed by atoms with Crippen molar-refractivity contribution < 1.29 is 19.1 Å². The summed E-state index contributed by atoms with van der Waals surface area (Å²) in [5.74, 6) is 0.527. The Morgan fingerprint density at radius 1 is 1.28 bits per heavy atom. The van der Waals surface area contributed by atoms with E-state index in [1.54, 1.807) is 12.1 Å². The van der Waals surface area contributed by atoms with Crippen LogP contribution in [0.3, 0.4) is 0 Å². The lowest BCUT2D eigenvalue weighted by atomic mass is 9.88. The number of para-hydroxylation sites is 1. The number of nitrogens with one attached hydrogen (secondary N) is 1. The van der Waals surface area contributed by atoms with Gasteiger partial charge in [-0.3, -0.25) is 4.79 Å². The Hall–Kier alpha value is -2.34. The smallest absolute Gasteiger partial charge is 0.341 e. The summed E-state index contributed by atoms with van der Waals surface area (Å²) in [7, 11) is 1.36. The maximum Gasteiger partial charge on any atom is 0.341 e. The number of anilines is 1. The molecule has 5 nitrogen and oxygen atoms in total. The molecule has 1 amide bonds. The van der Waals surface area contributed by atoms with Crippen LogP contribution in [-0.2, 0) is 22.4 Å². The Labute approximate surface area is 151 Å². The van der Waals surface area contributed by atoms with Gasteiger partial charge in [-0.1, -0.05) is 25.1 Å². The summed E-state index contributed by atoms with van der Waals surface area (Å²) >= 11 is 1.47. The van der Waals surface area contributed by atoms with Gasteiger partial charge in [0, 0.05) is 4.88 Å². The first kappa shape index (κ1) is 17.5. The third-order valence-corrected chi connectivity index (χ3v) is 5.44. The zero-order chi connectivity index (χ0) is 17.8. The molecule has 0 fully saturated rings. The van der Waals surface area contributed by atoms with Crippen LogP contribution < -0.4 is 10.1 Å². The molecule has 1 aliphatic carbocycles. The molecule has 1 N–H and O–H groups in total. The molecule has 1 aromatic heterocycles. The molecule has 0 spiro atoms. The fraction of sp³-hybridized carbons (Fsp3) is 0.368. The highest BCUT2D eigenvalue weighted by Gasteiger charge is 2.28. The van der Waals surface area contributed by atoms with Crippen molar-refractivity contribution in [1.29, 1.82) is 0 Å². The van der Waals surface area contributed by atoms with Crippen molar-refractivity contribution in [2.45, 2.75) is 26.2 Å². The number of esters is 1. The maximum absolute atomic E-state index is 12.2. The summed E-state index contributed by atoms with van der Waals surface area (Å²) < 4.78 is 10.4. The third kappa shape index (κ3) is 4.02. The van der Waals surface area contributed by atoms with Crippen molar-refractivity contribution in [2.75, 3.05) is 19.0 Å². The highest BCUT2D eigenvalue weighted by Crippen LogP contribution is 2.40. The van der Waals surface area contributed by atoms with E-state index < -0.39 is 5.97 Å². The number of methoxy groups -OCH3 is 1. The largest absolute Gasteiger partial charge is 0.484 e. The summed E-state index contributed by atoms with van der Waals surface area (Å²) in [6, 6.07) is 9.15. The quantitative estimate of drug-likeness (QED) is 0.827. The normalized spacial score (nSPS) is 16.0. The second kappa shape index (κ2) is 7.70. The van der Waals surface area contributed by atoms with E-state index >= 15 is 0 Å². The topological polar surface area (TPSA) is 64.6 Å². The Bertz CT molecular complexity index is 769. The van der Waals surface area contributed by atoms with Crippen LogP contribution in [0, 0.1) is 5.92 Å². The number of hydrogen-bond acceptors (Lipinski definition) is 5. The first-order chi connectivity index (χ1) is 12.1. The number of hydrogen-bond donors (Lipinski definition) is 1. The van der Waals surface area contributed by atoms with Crippen molar-refractivity contribution in [2.24, 2.45) is 5.92 Å². The maximum atomic E-state index is 12.2. The Morgan fingerprint density at radius 2 is 2.04 bits per heavy atom. The van der Waals surface area contributed by atoms with E-state index in [-0.39, 0.29) is 12.5 Å². The highest BCUT2D eigenvalue weighted by atomic mass is 32.1. The molecular weight excluding hydrogens is 338 g/mol. The van der Waals surface area contributed by atoms with E-state index in [1.165, 1.54) is 23.3 Å². The van der Waals surface area contributed by atoms with Crippen LogP contribution in [0.4, 0.5) is 5.00 Å². The van der Waals surface area contributed by atoms with E-state index in [0.29, 0.717) is 22.2 Å². The molecule has 3 rings (SSSR count). The molecule has 1 aliphatic rings. The number of fused-ring (bicyclic) bond motifs is 1. The predicted molar refractivity (Wildman–Crippen MR) is 97.4 cm³/mol. The SMILES string of the molecule is COC(=O)c1c(NC(=O)COc2ccccc2)sc2c1CC[C@H](C)C2. The average Bonchev–Trinajstić information content (AvgIpc) is 2.97. The summed E-state index contributed by atoms with van der Waals surface area (Å²) in [5, 5.41) is 3.38. The molecular formula is C19H21NO4S. The lowest BCUT2D eigenvalue weighted by Gasteiger charge is -2.18. The summed E-state index contributed by atoms with van der Waals surface area (Å²) in [4.78, 5) is 25.6. The molecule has 0 saturated carbocycles. The summed E-state index contributed by atoms with van der Waals surface area (Å²) in [6.45, 7) is 2.09. The lowest BCUT2D eigenvalue weighted by Crippen LogP contribution is -2.21. The van der Waals surface area contributed by atoms with E-state index in [9.17, 15) is 9.59 Å². The Kier molecular flexibility index (Phi) is 5.38. The van der Waals surface area contributed by atoms with Gasteiger partial charge in [0.15, 0.2) is 6.61 Å². The van der Waals surface area contributed by atoms with E-state index in [2.05, 4.69) is 12.2 Å². The molecule has 1 heterocycles. The molecule has 1 atom stereocenters. The highest BCUT2D eigenvalue weighted by molar-refractivity contribution is 7.17. The zero-order valence-electron chi connectivity index (χ0n) is 14.3. The monoisotopic (exact) mass is 359 g/mol. The average molecular weight is 359 g/mol. The van der Waals surface area contributed by atoms with Gasteiger partial charge in [-0.25, -0.2) is 4.79 Å². The lowest BCUT2D eigenvalue weighted by molar-refractivity contribution is -0.118. The molecule has 0 bridgehead atoms. The van der Waals surface area contributed by atoms with Gasteiger partial charge in [0.2, 0.25) is 0 Å². The molecule has 1 aromatic carbocycles. The van der Waals surface area contributed by atoms with Crippen LogP contribution in [0.15, 0.2) is 30.3 Å². The van der Waals surface area contributed by atoms with Crippen molar-refractivity contribution in [1.82, 2.24) is 0 Å². The number of benzene rings is 1. The third-order valence-electron chi connectivity index (χ3n) is 4.27. The van der Waals surface area contributed by atoms with Gasteiger partial charge < -0.3 is 14.8 Å². The van der Waals surface area contributed by atoms with Gasteiger partial charge in [-0.2, -0.15) is 0 Å². The summed E-state index contributed by atoms with van der Waals surface area (Å²) in [5.41, 5.74) is 1.52. The summed E-state index contributed by atoms with van der Waals surface area (Å²) in [6.07, 6.45) is 2.81. The van der Waals surface area contributed by atoms with Crippen LogP contribution >= 0.6 is 11.3 Å². The molecule has 0 saturated heterocycles. The second-order valence-corrected chi connectivity index (χ2v) is 7.30. The van der Waals surface area contributed by atoms with Gasteiger partial charge in [0.25, 0.3) is 5.91 Å². The van der Waals surface area contributed by atoms with Crippen LogP contribution in [0.25, 0.3) is 0 Å². The Morgan fingerprint density at radius 3 is 2.76 bits per heavy atom. The zero-order valence-corrected chi connectivity index (χ0v) is 15.2. The Balaban J connectivity index is 1.75. The van der Waals surface area contributed by atoms with Gasteiger partial charge >= 0.3 is 5.97 Å². The fourth-order valence-electron chi connectivity index (χ4n) is 2.99. The van der Waals surface area contributed by atoms with Gasteiger partial charge in [-0.15, -0.1) is 11.3 Å². The number of carbonyl (C=O) groups excluding carboxylic acids is 2. The molecule has 25 heavy (non-hydrogen) atoms. The number of rotatable bonds is 5. The number of amides is 1. The van der Waals surface area contributed by atoms with Crippen LogP contribution in [0.5, 0.6) is 5.75 Å². The molecule has 2 aromatic rings. The van der Waals surface area contributed by atoms with Crippen LogP contribution in [0.1, 0.15) is 34.1 Å². The fourth-order valence-corrected chi connectivity index (χ4v) is 4.40. The van der Waals surface area contributed by atoms with Crippen molar-refractivity contribution >= 4 is 28.2 Å². The minimum atomic E-state index is -0.397. The van der Waals surface area contributed by atoms with Crippen molar-refractivity contribution in [3.63, 3.8) is 0 Å². The van der Waals surface area contributed by atoms with Crippen molar-refractivity contribution in [3.8, 4) is 5.75 Å². The number of ether oxygens (including phenoxy) is 2. The predicted octanol–water partition coefficient (Wildman–Crippen LogP) is 3.68. The van der Waals surface area contributed by atoms with E-state index in [1.807, 2.05) is 18.2 Å². The molecule has 132 valence electrons. The van der Waals surface area contributed by atoms with E-state index in [4.69, 9.17) is 9.47 Å². The standard InChI is InChI=1S/C19H21NO4S/c1-12-8-9-14-15(10-12)25-18(17(14)19(22)23-2)20-16(21)11-24-13-6-4-3-5-7-13/h3-7,12H,8-11H2,1-2H3,(H,20,21)/t12-/m0/s1.